The molecule has 0 saturated carbocycles. The Balaban J connectivity index is 2.43. The van der Waals surface area contributed by atoms with E-state index in [2.05, 4.69) is 37.1 Å². The van der Waals surface area contributed by atoms with E-state index in [0.29, 0.717) is 4.75 Å². The summed E-state index contributed by atoms with van der Waals surface area (Å²) in [5.41, 5.74) is 1.20. The van der Waals surface area contributed by atoms with Gasteiger partial charge in [-0.2, -0.15) is 16.9 Å². The quantitative estimate of drug-likeness (QED) is 0.772. The van der Waals surface area contributed by atoms with Gasteiger partial charge in [0, 0.05) is 35.8 Å². The van der Waals surface area contributed by atoms with E-state index in [0.717, 1.165) is 13.1 Å². The van der Waals surface area contributed by atoms with Gasteiger partial charge in [0.25, 0.3) is 0 Å². The fourth-order valence-corrected chi connectivity index (χ4v) is 2.69. The fourth-order valence-electron chi connectivity index (χ4n) is 1.86. The summed E-state index contributed by atoms with van der Waals surface area (Å²) in [6.07, 6.45) is 10.2. The van der Waals surface area contributed by atoms with E-state index in [1.807, 2.05) is 24.2 Å². The summed E-state index contributed by atoms with van der Waals surface area (Å²) < 4.78 is 2.10. The second kappa shape index (κ2) is 6.87. The molecular formula is C13H23N3S. The van der Waals surface area contributed by atoms with Crippen molar-refractivity contribution in [3.05, 3.63) is 24.5 Å². The van der Waals surface area contributed by atoms with E-state index in [1.54, 1.807) is 10.9 Å². The average Bonchev–Trinajstić information content (AvgIpc) is 2.83. The van der Waals surface area contributed by atoms with Crippen molar-refractivity contribution in [3.8, 4) is 0 Å². The molecule has 3 nitrogen and oxygen atoms in total. The Kier molecular flexibility index (Phi) is 5.78. The maximum atomic E-state index is 4.16. The van der Waals surface area contributed by atoms with Crippen LogP contribution in [0.2, 0.25) is 0 Å². The normalized spacial score (nSPS) is 11.7. The third-order valence-corrected chi connectivity index (χ3v) is 4.93. The summed E-state index contributed by atoms with van der Waals surface area (Å²) in [7, 11) is 0. The van der Waals surface area contributed by atoms with Gasteiger partial charge < -0.3 is 5.32 Å². The largest absolute Gasteiger partial charge is 0.311 e. The molecule has 96 valence electrons. The Hall–Kier alpha value is -0.740. The first-order chi connectivity index (χ1) is 8.19. The van der Waals surface area contributed by atoms with Crippen LogP contribution in [-0.4, -0.2) is 27.3 Å². The monoisotopic (exact) mass is 253 g/mol. The zero-order valence-electron chi connectivity index (χ0n) is 11.1. The Labute approximate surface area is 109 Å². The van der Waals surface area contributed by atoms with Gasteiger partial charge >= 0.3 is 0 Å². The second-order valence-corrected chi connectivity index (χ2v) is 5.48. The number of hydrogen-bond acceptors (Lipinski definition) is 3. The van der Waals surface area contributed by atoms with E-state index in [4.69, 9.17) is 0 Å². The summed E-state index contributed by atoms with van der Waals surface area (Å²) in [5.74, 6) is 0. The highest BCUT2D eigenvalue weighted by Gasteiger charge is 2.23. The molecule has 0 unspecified atom stereocenters. The molecule has 0 radical (unpaired) electrons. The highest BCUT2D eigenvalue weighted by atomic mass is 32.2. The van der Waals surface area contributed by atoms with Crippen LogP contribution in [-0.2, 0) is 6.54 Å². The van der Waals surface area contributed by atoms with Gasteiger partial charge in [0.05, 0.1) is 6.20 Å². The molecule has 1 N–H and O–H groups in total. The predicted molar refractivity (Wildman–Crippen MR) is 77.1 cm³/mol. The standard InChI is InChI=1S/C13H23N3S/c1-5-13(6-2,17-4)11-14-8-12-9-15-16(7-3)10-12/h7,9-10,14H,3,5-6,8,11H2,1-2,4H3. The molecule has 0 spiro atoms. The number of hydrogen-bond donors (Lipinski definition) is 1. The summed E-state index contributed by atoms with van der Waals surface area (Å²) in [4.78, 5) is 0. The third-order valence-electron chi connectivity index (χ3n) is 3.34. The minimum absolute atomic E-state index is 0.369. The number of thioether (sulfide) groups is 1. The van der Waals surface area contributed by atoms with Gasteiger partial charge in [0.1, 0.15) is 0 Å². The smallest absolute Gasteiger partial charge is 0.0538 e. The lowest BCUT2D eigenvalue weighted by molar-refractivity contribution is 0.495. The molecule has 0 aliphatic carbocycles. The highest BCUT2D eigenvalue weighted by Crippen LogP contribution is 2.29. The van der Waals surface area contributed by atoms with Crippen molar-refractivity contribution in [1.82, 2.24) is 15.1 Å². The van der Waals surface area contributed by atoms with E-state index in [9.17, 15) is 0 Å². The van der Waals surface area contributed by atoms with E-state index in [1.165, 1.54) is 18.4 Å². The summed E-state index contributed by atoms with van der Waals surface area (Å²) in [6.45, 7) is 10.1. The number of nitrogens with zero attached hydrogens (tertiary/aromatic N) is 2. The van der Waals surface area contributed by atoms with Crippen LogP contribution >= 0.6 is 11.8 Å². The van der Waals surface area contributed by atoms with Crippen molar-refractivity contribution in [2.24, 2.45) is 0 Å². The van der Waals surface area contributed by atoms with Crippen LogP contribution in [0.25, 0.3) is 6.20 Å². The molecule has 0 atom stereocenters. The Bertz CT molecular complexity index is 334. The first-order valence-electron chi connectivity index (χ1n) is 6.11. The van der Waals surface area contributed by atoms with Gasteiger partial charge in [0.15, 0.2) is 0 Å². The van der Waals surface area contributed by atoms with Gasteiger partial charge in [0.2, 0.25) is 0 Å². The summed E-state index contributed by atoms with van der Waals surface area (Å²) >= 11 is 1.96. The molecule has 0 aliphatic heterocycles. The molecule has 0 aromatic carbocycles. The minimum Gasteiger partial charge on any atom is -0.311 e. The molecule has 1 aromatic rings. The average molecular weight is 253 g/mol. The number of nitrogens with one attached hydrogen (secondary N) is 1. The molecule has 1 aromatic heterocycles. The van der Waals surface area contributed by atoms with Crippen LogP contribution in [0.15, 0.2) is 19.0 Å². The summed E-state index contributed by atoms with van der Waals surface area (Å²) in [6, 6.07) is 0. The Morgan fingerprint density at radius 3 is 2.71 bits per heavy atom. The first-order valence-corrected chi connectivity index (χ1v) is 7.33. The summed E-state index contributed by atoms with van der Waals surface area (Å²) in [5, 5.41) is 7.69. The molecule has 4 heteroatoms. The molecule has 0 fully saturated rings. The molecule has 0 amide bonds. The van der Waals surface area contributed by atoms with Gasteiger partial charge in [-0.1, -0.05) is 20.4 Å². The topological polar surface area (TPSA) is 29.9 Å². The van der Waals surface area contributed by atoms with Crippen LogP contribution in [0.1, 0.15) is 32.3 Å². The first kappa shape index (κ1) is 14.3. The van der Waals surface area contributed by atoms with Crippen molar-refractivity contribution in [2.75, 3.05) is 12.8 Å². The van der Waals surface area contributed by atoms with E-state index in [-0.39, 0.29) is 0 Å². The van der Waals surface area contributed by atoms with Crippen molar-refractivity contribution in [3.63, 3.8) is 0 Å². The second-order valence-electron chi connectivity index (χ2n) is 4.21. The predicted octanol–water partition coefficient (Wildman–Crippen LogP) is 3.00. The van der Waals surface area contributed by atoms with Gasteiger partial charge in [-0.25, -0.2) is 4.68 Å². The number of aromatic nitrogens is 2. The Morgan fingerprint density at radius 2 is 2.24 bits per heavy atom. The van der Waals surface area contributed by atoms with Crippen LogP contribution in [0.5, 0.6) is 0 Å². The number of rotatable bonds is 8. The van der Waals surface area contributed by atoms with Crippen LogP contribution < -0.4 is 5.32 Å². The lowest BCUT2D eigenvalue weighted by Crippen LogP contribution is -2.36. The lowest BCUT2D eigenvalue weighted by Gasteiger charge is -2.29. The van der Waals surface area contributed by atoms with Crippen molar-refractivity contribution >= 4 is 18.0 Å². The minimum atomic E-state index is 0.369. The third kappa shape index (κ3) is 3.89. The van der Waals surface area contributed by atoms with Crippen molar-refractivity contribution in [1.29, 1.82) is 0 Å². The maximum Gasteiger partial charge on any atom is 0.0538 e. The van der Waals surface area contributed by atoms with Crippen LogP contribution in [0.4, 0.5) is 0 Å². The molecule has 0 saturated heterocycles. The Morgan fingerprint density at radius 1 is 1.53 bits per heavy atom. The molecule has 17 heavy (non-hydrogen) atoms. The SMILES string of the molecule is C=Cn1cc(CNCC(CC)(CC)SC)cn1. The zero-order chi connectivity index (χ0) is 12.7. The molecule has 1 heterocycles. The highest BCUT2D eigenvalue weighted by molar-refractivity contribution is 8.00. The van der Waals surface area contributed by atoms with E-state index >= 15 is 0 Å². The fraction of sp³-hybridized carbons (Fsp3) is 0.615. The van der Waals surface area contributed by atoms with E-state index < -0.39 is 0 Å². The van der Waals surface area contributed by atoms with Crippen molar-refractivity contribution < 1.29 is 0 Å². The van der Waals surface area contributed by atoms with Gasteiger partial charge in [-0.15, -0.1) is 0 Å². The van der Waals surface area contributed by atoms with Gasteiger partial charge in [-0.05, 0) is 19.1 Å². The van der Waals surface area contributed by atoms with Crippen LogP contribution in [0, 0.1) is 0 Å². The molecule has 1 rings (SSSR count). The molecular weight excluding hydrogens is 230 g/mol. The van der Waals surface area contributed by atoms with Gasteiger partial charge in [-0.3, -0.25) is 0 Å². The van der Waals surface area contributed by atoms with Crippen molar-refractivity contribution in [2.45, 2.75) is 38.0 Å². The van der Waals surface area contributed by atoms with Crippen LogP contribution in [0.3, 0.4) is 0 Å². The maximum absolute atomic E-state index is 4.16. The zero-order valence-corrected chi connectivity index (χ0v) is 11.9. The molecule has 0 bridgehead atoms. The molecule has 0 aliphatic rings. The lowest BCUT2D eigenvalue weighted by atomic mass is 10.0.